The van der Waals surface area contributed by atoms with E-state index in [0.29, 0.717) is 29.9 Å². The Balaban J connectivity index is 1.76. The number of benzene rings is 2. The zero-order valence-electron chi connectivity index (χ0n) is 14.6. The predicted octanol–water partition coefficient (Wildman–Crippen LogP) is 4.01. The van der Waals surface area contributed by atoms with E-state index >= 15 is 0 Å². The van der Waals surface area contributed by atoms with Crippen molar-refractivity contribution >= 4 is 16.7 Å². The molecular weight excluding hydrogens is 318 g/mol. The molecule has 0 atom stereocenters. The van der Waals surface area contributed by atoms with Gasteiger partial charge in [-0.1, -0.05) is 0 Å². The number of rotatable bonds is 7. The normalized spacial score (nSPS) is 10.7. The monoisotopic (exact) mass is 339 g/mol. The Morgan fingerprint density at radius 3 is 2.48 bits per heavy atom. The highest BCUT2D eigenvalue weighted by atomic mass is 16.5. The smallest absolute Gasteiger partial charge is 0.163 e. The molecule has 0 bridgehead atoms. The van der Waals surface area contributed by atoms with Crippen LogP contribution in [-0.4, -0.2) is 32.1 Å². The van der Waals surface area contributed by atoms with Gasteiger partial charge in [0.1, 0.15) is 5.75 Å². The van der Waals surface area contributed by atoms with E-state index in [4.69, 9.17) is 14.2 Å². The summed E-state index contributed by atoms with van der Waals surface area (Å²) in [6, 6.07) is 11.1. The van der Waals surface area contributed by atoms with Crippen molar-refractivity contribution in [2.24, 2.45) is 0 Å². The molecule has 0 unspecified atom stereocenters. The molecule has 3 aromatic rings. The van der Waals surface area contributed by atoms with Crippen LogP contribution in [0.4, 0.5) is 0 Å². The van der Waals surface area contributed by atoms with Gasteiger partial charge in [-0.25, -0.2) is 0 Å². The fraction of sp³-hybridized carbons (Fsp3) is 0.250. The Hall–Kier alpha value is -2.95. The quantitative estimate of drug-likeness (QED) is 0.661. The number of carbonyl (C=O) groups is 1. The van der Waals surface area contributed by atoms with Crippen LogP contribution in [0.2, 0.25) is 0 Å². The SMILES string of the molecule is COc1ccc2[nH]cc(CCC(=O)c3ccc(OC)c(OC)c3)c2c1. The number of aromatic nitrogens is 1. The van der Waals surface area contributed by atoms with Gasteiger partial charge in [0.15, 0.2) is 17.3 Å². The second kappa shape index (κ2) is 7.30. The summed E-state index contributed by atoms with van der Waals surface area (Å²) in [6.45, 7) is 0. The Morgan fingerprint density at radius 2 is 1.76 bits per heavy atom. The predicted molar refractivity (Wildman–Crippen MR) is 97.0 cm³/mol. The summed E-state index contributed by atoms with van der Waals surface area (Å²) >= 11 is 0. The van der Waals surface area contributed by atoms with Crippen LogP contribution in [0.3, 0.4) is 0 Å². The molecule has 1 N–H and O–H groups in total. The number of carbonyl (C=O) groups excluding carboxylic acids is 1. The number of ether oxygens (including phenoxy) is 3. The van der Waals surface area contributed by atoms with Crippen LogP contribution < -0.4 is 14.2 Å². The highest BCUT2D eigenvalue weighted by molar-refractivity contribution is 5.97. The minimum Gasteiger partial charge on any atom is -0.497 e. The molecule has 0 fully saturated rings. The topological polar surface area (TPSA) is 60.6 Å². The van der Waals surface area contributed by atoms with Crippen LogP contribution in [0.15, 0.2) is 42.6 Å². The summed E-state index contributed by atoms with van der Waals surface area (Å²) in [5.41, 5.74) is 2.76. The summed E-state index contributed by atoms with van der Waals surface area (Å²) in [4.78, 5) is 15.8. The van der Waals surface area contributed by atoms with Gasteiger partial charge in [-0.3, -0.25) is 4.79 Å². The van der Waals surface area contributed by atoms with Gasteiger partial charge in [0.25, 0.3) is 0 Å². The molecule has 0 aliphatic heterocycles. The molecule has 1 aromatic heterocycles. The first-order valence-electron chi connectivity index (χ1n) is 8.05. The fourth-order valence-electron chi connectivity index (χ4n) is 2.89. The zero-order valence-corrected chi connectivity index (χ0v) is 14.6. The van der Waals surface area contributed by atoms with E-state index in [1.54, 1.807) is 39.5 Å². The molecular formula is C20H21NO4. The van der Waals surface area contributed by atoms with Gasteiger partial charge in [-0.2, -0.15) is 0 Å². The second-order valence-electron chi connectivity index (χ2n) is 5.72. The zero-order chi connectivity index (χ0) is 17.8. The first-order chi connectivity index (χ1) is 12.2. The molecule has 130 valence electrons. The number of hydrogen-bond acceptors (Lipinski definition) is 4. The van der Waals surface area contributed by atoms with Crippen LogP contribution in [0, 0.1) is 0 Å². The van der Waals surface area contributed by atoms with E-state index in [2.05, 4.69) is 4.98 Å². The van der Waals surface area contributed by atoms with Gasteiger partial charge in [0, 0.05) is 29.1 Å². The molecule has 3 rings (SSSR count). The second-order valence-corrected chi connectivity index (χ2v) is 5.72. The maximum Gasteiger partial charge on any atom is 0.163 e. The van der Waals surface area contributed by atoms with E-state index in [1.807, 2.05) is 24.4 Å². The van der Waals surface area contributed by atoms with E-state index < -0.39 is 0 Å². The third-order valence-corrected chi connectivity index (χ3v) is 4.30. The van der Waals surface area contributed by atoms with Crippen molar-refractivity contribution in [2.45, 2.75) is 12.8 Å². The largest absolute Gasteiger partial charge is 0.497 e. The highest BCUT2D eigenvalue weighted by Crippen LogP contribution is 2.29. The average Bonchev–Trinajstić information content (AvgIpc) is 3.07. The first kappa shape index (κ1) is 16.9. The van der Waals surface area contributed by atoms with E-state index in [0.717, 1.165) is 22.2 Å². The van der Waals surface area contributed by atoms with E-state index in [-0.39, 0.29) is 5.78 Å². The van der Waals surface area contributed by atoms with Gasteiger partial charge >= 0.3 is 0 Å². The molecule has 0 radical (unpaired) electrons. The fourth-order valence-corrected chi connectivity index (χ4v) is 2.89. The Labute approximate surface area is 146 Å². The summed E-state index contributed by atoms with van der Waals surface area (Å²) in [5.74, 6) is 2.05. The molecule has 0 amide bonds. The van der Waals surface area contributed by atoms with Gasteiger partial charge in [0.2, 0.25) is 0 Å². The van der Waals surface area contributed by atoms with E-state index in [9.17, 15) is 4.79 Å². The van der Waals surface area contributed by atoms with Crippen LogP contribution in [0.5, 0.6) is 17.2 Å². The molecule has 25 heavy (non-hydrogen) atoms. The lowest BCUT2D eigenvalue weighted by Crippen LogP contribution is -2.02. The van der Waals surface area contributed by atoms with Crippen molar-refractivity contribution in [1.29, 1.82) is 0 Å². The van der Waals surface area contributed by atoms with E-state index in [1.165, 1.54) is 0 Å². The molecule has 0 saturated heterocycles. The lowest BCUT2D eigenvalue weighted by Gasteiger charge is -2.09. The van der Waals surface area contributed by atoms with Crippen molar-refractivity contribution < 1.29 is 19.0 Å². The Bertz CT molecular complexity index is 898. The third kappa shape index (κ3) is 3.45. The molecule has 5 nitrogen and oxygen atoms in total. The molecule has 0 saturated carbocycles. The molecule has 0 aliphatic rings. The maximum atomic E-state index is 12.5. The molecule has 5 heteroatoms. The van der Waals surface area contributed by atoms with Crippen molar-refractivity contribution in [2.75, 3.05) is 21.3 Å². The molecule has 1 heterocycles. The Morgan fingerprint density at radius 1 is 0.960 bits per heavy atom. The maximum absolute atomic E-state index is 12.5. The number of aromatic amines is 1. The van der Waals surface area contributed by atoms with Gasteiger partial charge in [0.05, 0.1) is 21.3 Å². The number of H-pyrrole nitrogens is 1. The number of nitrogens with one attached hydrogen (secondary N) is 1. The van der Waals surface area contributed by atoms with Gasteiger partial charge in [-0.05, 0) is 48.4 Å². The summed E-state index contributed by atoms with van der Waals surface area (Å²) < 4.78 is 15.8. The van der Waals surface area contributed by atoms with Crippen LogP contribution >= 0.6 is 0 Å². The third-order valence-electron chi connectivity index (χ3n) is 4.30. The number of methoxy groups -OCH3 is 3. The summed E-state index contributed by atoms with van der Waals surface area (Å²) in [5, 5.41) is 1.08. The highest BCUT2D eigenvalue weighted by Gasteiger charge is 2.12. The van der Waals surface area contributed by atoms with Crippen molar-refractivity contribution in [1.82, 2.24) is 4.98 Å². The van der Waals surface area contributed by atoms with Crippen LogP contribution in [-0.2, 0) is 6.42 Å². The summed E-state index contributed by atoms with van der Waals surface area (Å²) in [6.07, 6.45) is 3.02. The minimum absolute atomic E-state index is 0.0678. The Kier molecular flexibility index (Phi) is 4.93. The molecule has 0 spiro atoms. The van der Waals surface area contributed by atoms with Crippen LogP contribution in [0.1, 0.15) is 22.3 Å². The molecule has 2 aromatic carbocycles. The summed E-state index contributed by atoms with van der Waals surface area (Å²) in [7, 11) is 4.78. The molecule has 0 aliphatic carbocycles. The van der Waals surface area contributed by atoms with Crippen molar-refractivity contribution in [3.63, 3.8) is 0 Å². The van der Waals surface area contributed by atoms with Crippen LogP contribution in [0.25, 0.3) is 10.9 Å². The first-order valence-corrected chi connectivity index (χ1v) is 8.05. The average molecular weight is 339 g/mol. The lowest BCUT2D eigenvalue weighted by atomic mass is 10.0. The number of ketones is 1. The number of Topliss-reactive ketones (excluding diaryl/α,β-unsaturated/α-hetero) is 1. The minimum atomic E-state index is 0.0678. The van der Waals surface area contributed by atoms with Crippen molar-refractivity contribution in [3.8, 4) is 17.2 Å². The van der Waals surface area contributed by atoms with Crippen molar-refractivity contribution in [3.05, 3.63) is 53.7 Å². The van der Waals surface area contributed by atoms with Gasteiger partial charge < -0.3 is 19.2 Å². The number of aryl methyl sites for hydroxylation is 1. The number of hydrogen-bond donors (Lipinski definition) is 1. The van der Waals surface area contributed by atoms with Gasteiger partial charge in [-0.15, -0.1) is 0 Å². The standard InChI is InChI=1S/C20H21NO4/c1-23-15-6-7-17-16(11-15)14(12-21-17)4-8-18(22)13-5-9-19(24-2)20(10-13)25-3/h5-7,9-12,21H,4,8H2,1-3H3. The lowest BCUT2D eigenvalue weighted by molar-refractivity contribution is 0.0982. The number of fused-ring (bicyclic) bond motifs is 1.